The number of hydrogen-bond acceptors (Lipinski definition) is 2. The largest absolute Gasteiger partial charge is 0.309 e. The molecule has 0 aromatic heterocycles. The molecule has 0 saturated heterocycles. The molecule has 0 amide bonds. The Labute approximate surface area is 400 Å². The van der Waals surface area contributed by atoms with Crippen molar-refractivity contribution in [3.63, 3.8) is 0 Å². The summed E-state index contributed by atoms with van der Waals surface area (Å²) in [6.45, 7) is 0. The Morgan fingerprint density at radius 2 is 0.585 bits per heavy atom. The van der Waals surface area contributed by atoms with Crippen molar-refractivity contribution in [3.05, 3.63) is 277 Å². The van der Waals surface area contributed by atoms with Gasteiger partial charge in [-0.25, -0.2) is 0 Å². The van der Waals surface area contributed by atoms with Crippen molar-refractivity contribution in [2.45, 2.75) is 5.41 Å². The highest BCUT2D eigenvalue weighted by atomic mass is 31.2. The van der Waals surface area contributed by atoms with E-state index >= 15 is 9.13 Å². The van der Waals surface area contributed by atoms with Crippen molar-refractivity contribution in [1.82, 2.24) is 0 Å². The Kier molecular flexibility index (Phi) is 6.43. The second kappa shape index (κ2) is 15.4. The molecule has 0 aliphatic heterocycles. The molecule has 2 aliphatic carbocycles. The van der Waals surface area contributed by atoms with Crippen molar-refractivity contribution in [2.24, 2.45) is 0 Å². The molecule has 0 N–H and O–H groups in total. The molecule has 308 valence electrons. The van der Waals surface area contributed by atoms with E-state index in [1.165, 1.54) is 0 Å². The molecule has 10 aromatic carbocycles. The minimum absolute atomic E-state index is 0.172. The van der Waals surface area contributed by atoms with Crippen molar-refractivity contribution < 1.29 is 28.3 Å². The molecule has 0 heterocycles. The minimum Gasteiger partial charge on any atom is -0.309 e. The van der Waals surface area contributed by atoms with Gasteiger partial charge < -0.3 is 9.13 Å². The molecular formula is C61H42O2P2. The Morgan fingerprint density at radius 3 is 0.923 bits per heavy atom. The number of benzene rings is 10. The molecule has 0 fully saturated rings. The van der Waals surface area contributed by atoms with Crippen molar-refractivity contribution >= 4 is 46.1 Å². The maximum absolute atomic E-state index is 15.5. The van der Waals surface area contributed by atoms with Gasteiger partial charge in [0.25, 0.3) is 0 Å². The quantitative estimate of drug-likeness (QED) is 0.143. The lowest BCUT2D eigenvalue weighted by atomic mass is 9.70. The van der Waals surface area contributed by atoms with Crippen LogP contribution in [0.5, 0.6) is 0 Å². The average Bonchev–Trinajstić information content (AvgIpc) is 2.66. The van der Waals surface area contributed by atoms with E-state index in [1.807, 2.05) is 24.3 Å². The third kappa shape index (κ3) is 5.95. The summed E-state index contributed by atoms with van der Waals surface area (Å²) in [6.07, 6.45) is 0. The van der Waals surface area contributed by atoms with E-state index in [0.717, 1.165) is 0 Å². The molecule has 4 heteroatoms. The Hall–Kier alpha value is -7.34. The highest BCUT2D eigenvalue weighted by Crippen LogP contribution is 2.63. The third-order valence-corrected chi connectivity index (χ3v) is 18.7. The summed E-state index contributed by atoms with van der Waals surface area (Å²) < 4.78 is 166. The minimum atomic E-state index is -3.54. The summed E-state index contributed by atoms with van der Waals surface area (Å²) in [4.78, 5) is 0. The first-order chi connectivity index (χ1) is 37.8. The standard InChI is InChI=1S/C61H42O2P2/c62-64(47-17-5-1-6-18-47,48-19-7-2-8-20-48)51-35-29-43(30-36-51)45-33-39-55-56-40-34-46(42-60(56)61(59(55)41-45)57-27-15-13-25-53(57)54-26-14-16-28-58(54)61)44-31-37-52(38-32-44)65(63,49-21-9-3-10-22-49)50-23-11-4-12-24-50/h1-42H/i13D,14D,15D,16D,25D,26D,27D,28D,33D,34D,39D,40D,41D,42D. The van der Waals surface area contributed by atoms with E-state index in [1.54, 1.807) is 146 Å². The topological polar surface area (TPSA) is 34.1 Å². The molecule has 2 nitrogen and oxygen atoms in total. The second-order valence-electron chi connectivity index (χ2n) is 15.9. The van der Waals surface area contributed by atoms with Crippen LogP contribution in [0.4, 0.5) is 0 Å². The fourth-order valence-electron chi connectivity index (χ4n) is 9.47. The van der Waals surface area contributed by atoms with Crippen LogP contribution in [0.2, 0.25) is 0 Å². The normalized spacial score (nSPS) is 16.2. The first kappa shape index (κ1) is 27.1. The van der Waals surface area contributed by atoms with Gasteiger partial charge in [-0.3, -0.25) is 0 Å². The van der Waals surface area contributed by atoms with Crippen molar-refractivity contribution in [3.8, 4) is 44.5 Å². The summed E-state index contributed by atoms with van der Waals surface area (Å²) >= 11 is 0. The molecular weight excluding hydrogens is 827 g/mol. The fraction of sp³-hybridized carbons (Fsp3) is 0.0164. The Morgan fingerprint density at radius 1 is 0.292 bits per heavy atom. The van der Waals surface area contributed by atoms with Gasteiger partial charge in [0.1, 0.15) is 0 Å². The highest BCUT2D eigenvalue weighted by Gasteiger charge is 2.51. The van der Waals surface area contributed by atoms with Gasteiger partial charge in [0.15, 0.2) is 14.3 Å². The number of fused-ring (bicyclic) bond motifs is 10. The lowest BCUT2D eigenvalue weighted by molar-refractivity contribution is 0.591. The van der Waals surface area contributed by atoms with Crippen LogP contribution in [0, 0.1) is 0 Å². The fourth-order valence-corrected chi connectivity index (χ4v) is 14.8. The Bertz CT molecular complexity index is 3970. The first-order valence-electron chi connectivity index (χ1n) is 28.0. The van der Waals surface area contributed by atoms with Crippen LogP contribution in [0.25, 0.3) is 44.5 Å². The molecule has 0 bridgehead atoms. The third-order valence-electron chi connectivity index (χ3n) is 12.5. The first-order valence-corrected chi connectivity index (χ1v) is 24.4. The van der Waals surface area contributed by atoms with Crippen LogP contribution >= 0.6 is 14.3 Å². The van der Waals surface area contributed by atoms with Gasteiger partial charge in [-0.1, -0.05) is 242 Å². The smallest absolute Gasteiger partial charge is 0.171 e. The second-order valence-corrected chi connectivity index (χ2v) is 21.4. The number of rotatable bonds is 8. The zero-order valence-corrected chi connectivity index (χ0v) is 36.2. The zero-order chi connectivity index (χ0) is 55.8. The molecule has 2 aliphatic rings. The lowest BCUT2D eigenvalue weighted by Gasteiger charge is -2.31. The predicted molar refractivity (Wildman–Crippen MR) is 272 cm³/mol. The highest BCUT2D eigenvalue weighted by molar-refractivity contribution is 7.85. The molecule has 0 radical (unpaired) electrons. The molecule has 0 saturated carbocycles. The maximum atomic E-state index is 15.5. The van der Waals surface area contributed by atoms with Crippen molar-refractivity contribution in [2.75, 3.05) is 0 Å². The monoisotopic (exact) mass is 882 g/mol. The van der Waals surface area contributed by atoms with Gasteiger partial charge in [0.05, 0.1) is 24.6 Å². The van der Waals surface area contributed by atoms with E-state index in [4.69, 9.17) is 5.48 Å². The Balaban J connectivity index is 1.17. The zero-order valence-electron chi connectivity index (χ0n) is 48.4. The van der Waals surface area contributed by atoms with Crippen LogP contribution < -0.4 is 31.8 Å². The molecule has 0 unspecified atom stereocenters. The SMILES string of the molecule is [2H]c1c([2H])c([2H])c2c(c1[2H])-c1c([2H])c([2H])c([2H])c([2H])c1C21c2c([2H])c(-c3ccc(P(=O)(c4ccccc4)c4ccccc4)cc3)c([2H])c([2H])c2-c2c([2H])c([2H])c(-c3ccc(P(=O)(c4ccccc4)c4ccccc4)cc3)c([2H])c21. The predicted octanol–water partition coefficient (Wildman–Crippen LogP) is 12.6. The van der Waals surface area contributed by atoms with Crippen LogP contribution in [0.3, 0.4) is 0 Å². The number of hydrogen-bond donors (Lipinski definition) is 0. The summed E-state index contributed by atoms with van der Waals surface area (Å²) in [7, 11) is -7.08. The molecule has 65 heavy (non-hydrogen) atoms. The van der Waals surface area contributed by atoms with Crippen LogP contribution in [0.15, 0.2) is 254 Å². The van der Waals surface area contributed by atoms with E-state index in [9.17, 15) is 13.7 Å². The molecule has 12 rings (SSSR count). The summed E-state index contributed by atoms with van der Waals surface area (Å²) in [5, 5.41) is 3.03. The molecule has 10 aromatic rings. The van der Waals surface area contributed by atoms with Gasteiger partial charge in [-0.05, 0) is 78.8 Å². The summed E-state index contributed by atoms with van der Waals surface area (Å²) in [5.41, 5.74) is -4.95. The molecule has 0 atom stereocenters. The van der Waals surface area contributed by atoms with E-state index in [0.29, 0.717) is 31.8 Å². The van der Waals surface area contributed by atoms with E-state index in [2.05, 4.69) is 0 Å². The van der Waals surface area contributed by atoms with E-state index < -0.39 is 104 Å². The maximum Gasteiger partial charge on any atom is 0.171 e. The van der Waals surface area contributed by atoms with Gasteiger partial charge >= 0.3 is 0 Å². The summed E-state index contributed by atoms with van der Waals surface area (Å²) in [6, 6.07) is 39.6. The average molecular weight is 883 g/mol. The summed E-state index contributed by atoms with van der Waals surface area (Å²) in [5.74, 6) is 0. The molecule has 1 spiro atoms. The van der Waals surface area contributed by atoms with Gasteiger partial charge in [0, 0.05) is 31.8 Å². The van der Waals surface area contributed by atoms with Gasteiger partial charge in [0.2, 0.25) is 0 Å². The van der Waals surface area contributed by atoms with Crippen molar-refractivity contribution in [1.29, 1.82) is 0 Å². The van der Waals surface area contributed by atoms with Crippen LogP contribution in [-0.4, -0.2) is 0 Å². The van der Waals surface area contributed by atoms with Gasteiger partial charge in [-0.15, -0.1) is 0 Å². The lowest BCUT2D eigenvalue weighted by Crippen LogP contribution is -2.26. The van der Waals surface area contributed by atoms with Gasteiger partial charge in [-0.2, -0.15) is 0 Å². The van der Waals surface area contributed by atoms with Crippen LogP contribution in [0.1, 0.15) is 41.4 Å². The van der Waals surface area contributed by atoms with Crippen LogP contribution in [-0.2, 0) is 14.5 Å². The van der Waals surface area contributed by atoms with E-state index in [-0.39, 0.29) is 66.8 Å².